The molecule has 1 rings (SSSR count). The summed E-state index contributed by atoms with van der Waals surface area (Å²) in [6.45, 7) is 7.73. The highest BCUT2D eigenvalue weighted by molar-refractivity contribution is 5.81. The normalized spacial score (nSPS) is 23.4. The minimum Gasteiger partial charge on any atom is -0.377 e. The van der Waals surface area contributed by atoms with Crippen molar-refractivity contribution >= 4 is 5.91 Å². The summed E-state index contributed by atoms with van der Waals surface area (Å²) in [5.41, 5.74) is 0. The van der Waals surface area contributed by atoms with Crippen LogP contribution >= 0.6 is 0 Å². The zero-order valence-electron chi connectivity index (χ0n) is 12.0. The van der Waals surface area contributed by atoms with Gasteiger partial charge in [0, 0.05) is 19.2 Å². The number of carbonyl (C=O) groups excluding carboxylic acids is 1. The van der Waals surface area contributed by atoms with Crippen LogP contribution in [0.25, 0.3) is 0 Å². The van der Waals surface area contributed by atoms with Gasteiger partial charge >= 0.3 is 0 Å². The van der Waals surface area contributed by atoms with E-state index in [0.717, 1.165) is 32.4 Å². The van der Waals surface area contributed by atoms with Gasteiger partial charge in [-0.2, -0.15) is 0 Å². The first-order chi connectivity index (χ1) is 8.63. The molecule has 3 unspecified atom stereocenters. The Morgan fingerprint density at radius 1 is 1.39 bits per heavy atom. The van der Waals surface area contributed by atoms with Crippen molar-refractivity contribution in [1.29, 1.82) is 0 Å². The maximum atomic E-state index is 11.9. The van der Waals surface area contributed by atoms with Gasteiger partial charge in [-0.25, -0.2) is 0 Å². The highest BCUT2D eigenvalue weighted by atomic mass is 16.5. The fourth-order valence-corrected chi connectivity index (χ4v) is 2.24. The highest BCUT2D eigenvalue weighted by Crippen LogP contribution is 2.11. The van der Waals surface area contributed by atoms with Gasteiger partial charge in [-0.3, -0.25) is 4.79 Å². The van der Waals surface area contributed by atoms with Crippen LogP contribution in [0.3, 0.4) is 0 Å². The van der Waals surface area contributed by atoms with Crippen LogP contribution in [0.5, 0.6) is 0 Å². The van der Waals surface area contributed by atoms with Crippen molar-refractivity contribution in [3.63, 3.8) is 0 Å². The van der Waals surface area contributed by atoms with E-state index >= 15 is 0 Å². The second-order valence-electron chi connectivity index (χ2n) is 5.32. The van der Waals surface area contributed by atoms with Crippen molar-refractivity contribution < 1.29 is 9.53 Å². The molecule has 1 heterocycles. The number of hydrogen-bond donors (Lipinski definition) is 2. The van der Waals surface area contributed by atoms with Crippen LogP contribution in [0.1, 0.15) is 52.9 Å². The van der Waals surface area contributed by atoms with Gasteiger partial charge in [0.1, 0.15) is 0 Å². The molecule has 2 N–H and O–H groups in total. The van der Waals surface area contributed by atoms with Crippen molar-refractivity contribution in [2.24, 2.45) is 0 Å². The fourth-order valence-electron chi connectivity index (χ4n) is 2.24. The molecule has 0 aliphatic carbocycles. The van der Waals surface area contributed by atoms with Crippen molar-refractivity contribution in [2.45, 2.75) is 71.1 Å². The Morgan fingerprint density at radius 3 is 2.78 bits per heavy atom. The van der Waals surface area contributed by atoms with Crippen molar-refractivity contribution in [3.8, 4) is 0 Å². The number of carbonyl (C=O) groups is 1. The summed E-state index contributed by atoms with van der Waals surface area (Å²) >= 11 is 0. The van der Waals surface area contributed by atoms with Crippen LogP contribution in [0, 0.1) is 0 Å². The SMILES string of the molecule is CCCC(C)NC(=O)C(C)NCC1CCCCO1. The zero-order chi connectivity index (χ0) is 13.4. The van der Waals surface area contributed by atoms with Gasteiger partial charge in [-0.15, -0.1) is 0 Å². The van der Waals surface area contributed by atoms with E-state index in [1.165, 1.54) is 12.8 Å². The number of ether oxygens (including phenoxy) is 1. The van der Waals surface area contributed by atoms with E-state index in [9.17, 15) is 4.79 Å². The van der Waals surface area contributed by atoms with Crippen molar-refractivity contribution in [1.82, 2.24) is 10.6 Å². The molecule has 18 heavy (non-hydrogen) atoms. The molecule has 0 saturated carbocycles. The Bertz CT molecular complexity index is 240. The van der Waals surface area contributed by atoms with Crippen LogP contribution in [-0.2, 0) is 9.53 Å². The molecule has 0 bridgehead atoms. The molecule has 106 valence electrons. The lowest BCUT2D eigenvalue weighted by Crippen LogP contribution is -2.47. The average Bonchev–Trinajstić information content (AvgIpc) is 2.37. The Balaban J connectivity index is 2.18. The first-order valence-electron chi connectivity index (χ1n) is 7.28. The van der Waals surface area contributed by atoms with E-state index in [1.807, 2.05) is 6.92 Å². The molecule has 0 aromatic heterocycles. The molecule has 1 aliphatic heterocycles. The third kappa shape index (κ3) is 5.83. The largest absolute Gasteiger partial charge is 0.377 e. The van der Waals surface area contributed by atoms with E-state index < -0.39 is 0 Å². The van der Waals surface area contributed by atoms with Crippen LogP contribution in [-0.4, -0.2) is 37.2 Å². The van der Waals surface area contributed by atoms with Gasteiger partial charge in [-0.1, -0.05) is 13.3 Å². The predicted octanol–water partition coefficient (Wildman–Crippen LogP) is 1.84. The monoisotopic (exact) mass is 256 g/mol. The standard InChI is InChI=1S/C14H28N2O2/c1-4-7-11(2)16-14(17)12(3)15-10-13-8-5-6-9-18-13/h11-13,15H,4-10H2,1-3H3,(H,16,17). The number of amides is 1. The van der Waals surface area contributed by atoms with Gasteiger partial charge in [0.25, 0.3) is 0 Å². The summed E-state index contributed by atoms with van der Waals surface area (Å²) < 4.78 is 5.63. The van der Waals surface area contributed by atoms with E-state index in [0.29, 0.717) is 0 Å². The Kier molecular flexibility index (Phi) is 7.28. The molecule has 0 aromatic rings. The van der Waals surface area contributed by atoms with Gasteiger partial charge in [0.15, 0.2) is 0 Å². The topological polar surface area (TPSA) is 50.4 Å². The summed E-state index contributed by atoms with van der Waals surface area (Å²) in [5.74, 6) is 0.0896. The Hall–Kier alpha value is -0.610. The molecular weight excluding hydrogens is 228 g/mol. The first kappa shape index (κ1) is 15.4. The van der Waals surface area contributed by atoms with Crippen LogP contribution < -0.4 is 10.6 Å². The van der Waals surface area contributed by atoms with E-state index in [-0.39, 0.29) is 24.1 Å². The van der Waals surface area contributed by atoms with Gasteiger partial charge < -0.3 is 15.4 Å². The Morgan fingerprint density at radius 2 is 2.17 bits per heavy atom. The number of hydrogen-bond acceptors (Lipinski definition) is 3. The third-order valence-electron chi connectivity index (χ3n) is 3.43. The molecular formula is C14H28N2O2. The minimum atomic E-state index is -0.144. The summed E-state index contributed by atoms with van der Waals surface area (Å²) in [6.07, 6.45) is 5.92. The Labute approximate surface area is 111 Å². The van der Waals surface area contributed by atoms with Crippen LogP contribution in [0.2, 0.25) is 0 Å². The highest BCUT2D eigenvalue weighted by Gasteiger charge is 2.18. The molecule has 1 amide bonds. The molecule has 1 fully saturated rings. The lowest BCUT2D eigenvalue weighted by molar-refractivity contribution is -0.123. The molecule has 0 aromatic carbocycles. The summed E-state index contributed by atoms with van der Waals surface area (Å²) in [6, 6.07) is 0.118. The lowest BCUT2D eigenvalue weighted by Gasteiger charge is -2.25. The molecule has 4 nitrogen and oxygen atoms in total. The van der Waals surface area contributed by atoms with E-state index in [4.69, 9.17) is 4.74 Å². The number of rotatable bonds is 7. The van der Waals surface area contributed by atoms with E-state index in [2.05, 4.69) is 24.5 Å². The summed E-state index contributed by atoms with van der Waals surface area (Å²) in [5, 5.41) is 6.29. The van der Waals surface area contributed by atoms with Gasteiger partial charge in [0.2, 0.25) is 5.91 Å². The van der Waals surface area contributed by atoms with Gasteiger partial charge in [0.05, 0.1) is 12.1 Å². The smallest absolute Gasteiger partial charge is 0.237 e. The summed E-state index contributed by atoms with van der Waals surface area (Å²) in [4.78, 5) is 11.9. The zero-order valence-corrected chi connectivity index (χ0v) is 12.0. The number of nitrogens with one attached hydrogen (secondary N) is 2. The minimum absolute atomic E-state index is 0.0896. The molecule has 0 radical (unpaired) electrons. The first-order valence-corrected chi connectivity index (χ1v) is 7.28. The van der Waals surface area contributed by atoms with Crippen molar-refractivity contribution in [3.05, 3.63) is 0 Å². The molecule has 1 saturated heterocycles. The quantitative estimate of drug-likeness (QED) is 0.731. The maximum Gasteiger partial charge on any atom is 0.237 e. The average molecular weight is 256 g/mol. The predicted molar refractivity (Wildman–Crippen MR) is 73.6 cm³/mol. The van der Waals surface area contributed by atoms with Crippen LogP contribution in [0.15, 0.2) is 0 Å². The lowest BCUT2D eigenvalue weighted by atomic mass is 10.1. The molecule has 0 spiro atoms. The van der Waals surface area contributed by atoms with Crippen molar-refractivity contribution in [2.75, 3.05) is 13.2 Å². The summed E-state index contributed by atoms with van der Waals surface area (Å²) in [7, 11) is 0. The second kappa shape index (κ2) is 8.48. The molecule has 3 atom stereocenters. The molecule has 1 aliphatic rings. The van der Waals surface area contributed by atoms with E-state index in [1.54, 1.807) is 0 Å². The molecule has 4 heteroatoms. The van der Waals surface area contributed by atoms with Gasteiger partial charge in [-0.05, 0) is 39.5 Å². The second-order valence-corrected chi connectivity index (χ2v) is 5.32. The van der Waals surface area contributed by atoms with Crippen LogP contribution in [0.4, 0.5) is 0 Å². The third-order valence-corrected chi connectivity index (χ3v) is 3.43. The fraction of sp³-hybridized carbons (Fsp3) is 0.929. The maximum absolute atomic E-state index is 11.9.